The lowest BCUT2D eigenvalue weighted by Crippen LogP contribution is -2.56. The highest BCUT2D eigenvalue weighted by molar-refractivity contribution is 7.91. The summed E-state index contributed by atoms with van der Waals surface area (Å²) in [5, 5.41) is 9.13. The highest BCUT2D eigenvalue weighted by atomic mass is 32.2. The highest BCUT2D eigenvalue weighted by Gasteiger charge is 2.42. The normalized spacial score (nSPS) is 24.6. The SMILES string of the molecule is Cn1nc(-c2ccc3ccccc3c2)cc1C1CN2CCC1CC2CNS(=O)(=O)c1cccs1. The van der Waals surface area contributed by atoms with E-state index in [4.69, 9.17) is 5.10 Å². The first kappa shape index (κ1) is 22.0. The van der Waals surface area contributed by atoms with Crippen molar-refractivity contribution in [1.29, 1.82) is 0 Å². The monoisotopic (exact) mass is 492 g/mol. The topological polar surface area (TPSA) is 67.2 Å². The number of rotatable bonds is 6. The molecule has 0 spiro atoms. The summed E-state index contributed by atoms with van der Waals surface area (Å²) < 4.78 is 30.4. The van der Waals surface area contributed by atoms with Crippen LogP contribution in [0.4, 0.5) is 0 Å². The van der Waals surface area contributed by atoms with Crippen molar-refractivity contribution in [2.24, 2.45) is 13.0 Å². The molecule has 6 nitrogen and oxygen atoms in total. The van der Waals surface area contributed by atoms with Gasteiger partial charge in [-0.25, -0.2) is 13.1 Å². The number of thiophene rings is 1. The van der Waals surface area contributed by atoms with Crippen molar-refractivity contribution in [3.63, 3.8) is 0 Å². The molecule has 0 aliphatic carbocycles. The molecule has 176 valence electrons. The van der Waals surface area contributed by atoms with Crippen LogP contribution in [-0.2, 0) is 17.1 Å². The van der Waals surface area contributed by atoms with Crippen molar-refractivity contribution >= 4 is 32.1 Å². The van der Waals surface area contributed by atoms with Crippen LogP contribution in [0.25, 0.3) is 22.0 Å². The van der Waals surface area contributed by atoms with E-state index < -0.39 is 10.0 Å². The van der Waals surface area contributed by atoms with Gasteiger partial charge >= 0.3 is 0 Å². The summed E-state index contributed by atoms with van der Waals surface area (Å²) in [7, 11) is -1.38. The molecule has 8 heteroatoms. The zero-order valence-electron chi connectivity index (χ0n) is 19.1. The Morgan fingerprint density at radius 1 is 1.09 bits per heavy atom. The maximum atomic E-state index is 12.6. The van der Waals surface area contributed by atoms with Crippen molar-refractivity contribution < 1.29 is 8.42 Å². The number of aryl methyl sites for hydroxylation is 1. The van der Waals surface area contributed by atoms with E-state index in [0.717, 1.165) is 37.2 Å². The first-order chi connectivity index (χ1) is 16.5. The van der Waals surface area contributed by atoms with Gasteiger partial charge in [0.05, 0.1) is 5.69 Å². The summed E-state index contributed by atoms with van der Waals surface area (Å²) in [6.07, 6.45) is 2.16. The summed E-state index contributed by atoms with van der Waals surface area (Å²) in [5.74, 6) is 0.965. The predicted molar refractivity (Wildman–Crippen MR) is 136 cm³/mol. The maximum absolute atomic E-state index is 12.6. The van der Waals surface area contributed by atoms with Gasteiger partial charge in [0.25, 0.3) is 0 Å². The summed E-state index contributed by atoms with van der Waals surface area (Å²) in [4.78, 5) is 2.46. The minimum absolute atomic E-state index is 0.248. The van der Waals surface area contributed by atoms with Crippen molar-refractivity contribution in [3.8, 4) is 11.3 Å². The van der Waals surface area contributed by atoms with Gasteiger partial charge in [-0.15, -0.1) is 11.3 Å². The zero-order chi connectivity index (χ0) is 23.3. The van der Waals surface area contributed by atoms with Crippen molar-refractivity contribution in [1.82, 2.24) is 19.4 Å². The van der Waals surface area contributed by atoms with Gasteiger partial charge in [-0.2, -0.15) is 5.10 Å². The number of benzene rings is 2. The van der Waals surface area contributed by atoms with Gasteiger partial charge in [-0.05, 0) is 59.7 Å². The number of sulfonamides is 1. The fourth-order valence-corrected chi connectivity index (χ4v) is 7.81. The number of aromatic nitrogens is 2. The minimum atomic E-state index is -3.42. The molecule has 5 heterocycles. The van der Waals surface area contributed by atoms with Crippen LogP contribution in [0.3, 0.4) is 0 Å². The second-order valence-electron chi connectivity index (χ2n) is 9.46. The van der Waals surface area contributed by atoms with E-state index in [2.05, 4.69) is 58.2 Å². The Morgan fingerprint density at radius 3 is 2.71 bits per heavy atom. The molecular weight excluding hydrogens is 464 g/mol. The van der Waals surface area contributed by atoms with Crippen LogP contribution in [0.5, 0.6) is 0 Å². The van der Waals surface area contributed by atoms with Gasteiger partial charge in [0, 0.05) is 43.4 Å². The molecule has 2 aromatic heterocycles. The number of piperidine rings is 3. The molecule has 2 bridgehead atoms. The van der Waals surface area contributed by atoms with Crippen LogP contribution in [0.1, 0.15) is 24.5 Å². The Bertz CT molecular complexity index is 1430. The zero-order valence-corrected chi connectivity index (χ0v) is 20.7. The Morgan fingerprint density at radius 2 is 1.94 bits per heavy atom. The van der Waals surface area contributed by atoms with E-state index in [1.165, 1.54) is 27.8 Å². The number of fused-ring (bicyclic) bond motifs is 4. The number of nitrogens with one attached hydrogen (secondary N) is 1. The molecule has 4 aromatic rings. The Kier molecular flexibility index (Phi) is 5.56. The van der Waals surface area contributed by atoms with E-state index in [0.29, 0.717) is 22.6 Å². The molecular formula is C26H28N4O2S2. The largest absolute Gasteiger partial charge is 0.298 e. The number of nitrogens with zero attached hydrogens (tertiary/aromatic N) is 3. The van der Waals surface area contributed by atoms with Crippen LogP contribution in [0.15, 0.2) is 70.3 Å². The molecule has 3 saturated heterocycles. The average Bonchev–Trinajstić information content (AvgIpc) is 3.54. The van der Waals surface area contributed by atoms with Gasteiger partial charge < -0.3 is 0 Å². The second kappa shape index (κ2) is 8.61. The lowest BCUT2D eigenvalue weighted by Gasteiger charge is -2.49. The molecule has 7 rings (SSSR count). The molecule has 34 heavy (non-hydrogen) atoms. The van der Waals surface area contributed by atoms with Crippen LogP contribution in [0.2, 0.25) is 0 Å². The molecule has 4 atom stereocenters. The maximum Gasteiger partial charge on any atom is 0.250 e. The first-order valence-electron chi connectivity index (χ1n) is 11.8. The Balaban J connectivity index is 1.18. The molecule has 3 aliphatic rings. The fraction of sp³-hybridized carbons (Fsp3) is 0.346. The molecule has 3 fully saturated rings. The van der Waals surface area contributed by atoms with Crippen molar-refractivity contribution in [2.45, 2.75) is 29.0 Å². The number of hydrogen-bond acceptors (Lipinski definition) is 5. The fourth-order valence-electron chi connectivity index (χ4n) is 5.70. The van der Waals surface area contributed by atoms with Gasteiger partial charge in [0.1, 0.15) is 4.21 Å². The molecule has 1 N–H and O–H groups in total. The van der Waals surface area contributed by atoms with Gasteiger partial charge in [0.2, 0.25) is 10.0 Å². The van der Waals surface area contributed by atoms with Gasteiger partial charge in [-0.1, -0.05) is 42.5 Å². The van der Waals surface area contributed by atoms with E-state index in [1.54, 1.807) is 17.5 Å². The average molecular weight is 493 g/mol. The molecule has 0 amide bonds. The third kappa shape index (κ3) is 3.98. The Hall–Kier alpha value is -2.52. The van der Waals surface area contributed by atoms with E-state index in [9.17, 15) is 8.42 Å². The minimum Gasteiger partial charge on any atom is -0.298 e. The molecule has 2 aromatic carbocycles. The van der Waals surface area contributed by atoms with E-state index in [1.807, 2.05) is 11.7 Å². The molecule has 4 unspecified atom stereocenters. The van der Waals surface area contributed by atoms with Crippen LogP contribution >= 0.6 is 11.3 Å². The number of hydrogen-bond donors (Lipinski definition) is 1. The van der Waals surface area contributed by atoms with Gasteiger partial charge in [-0.3, -0.25) is 9.58 Å². The predicted octanol–water partition coefficient (Wildman–Crippen LogP) is 4.46. The van der Waals surface area contributed by atoms with Crippen LogP contribution < -0.4 is 4.72 Å². The second-order valence-corrected chi connectivity index (χ2v) is 12.4. The van der Waals surface area contributed by atoms with Gasteiger partial charge in [0.15, 0.2) is 0 Å². The third-order valence-corrected chi connectivity index (χ3v) is 10.3. The summed E-state index contributed by atoms with van der Waals surface area (Å²) in [6.45, 7) is 2.45. The standard InChI is InChI=1S/C26H28N4O2S2/c1-29-25(15-24(28-29)21-9-8-18-5-2-3-6-19(18)13-21)23-17-30-11-10-20(23)14-22(30)16-27-34(31,32)26-7-4-12-33-26/h2-9,12-13,15,20,22-23,27H,10-11,14,16-17H2,1H3. The first-order valence-corrected chi connectivity index (χ1v) is 14.1. The van der Waals surface area contributed by atoms with E-state index >= 15 is 0 Å². The molecule has 0 saturated carbocycles. The third-order valence-electron chi connectivity index (χ3n) is 7.49. The lowest BCUT2D eigenvalue weighted by atomic mass is 9.74. The summed E-state index contributed by atoms with van der Waals surface area (Å²) >= 11 is 1.26. The van der Waals surface area contributed by atoms with Crippen molar-refractivity contribution in [3.05, 3.63) is 71.7 Å². The molecule has 0 radical (unpaired) electrons. The van der Waals surface area contributed by atoms with E-state index in [-0.39, 0.29) is 6.04 Å². The summed E-state index contributed by atoms with van der Waals surface area (Å²) in [5.41, 5.74) is 3.43. The quantitative estimate of drug-likeness (QED) is 0.432. The smallest absolute Gasteiger partial charge is 0.250 e. The highest BCUT2D eigenvalue weighted by Crippen LogP contribution is 2.42. The van der Waals surface area contributed by atoms with Crippen LogP contribution in [-0.4, -0.2) is 48.8 Å². The summed E-state index contributed by atoms with van der Waals surface area (Å²) in [6, 6.07) is 20.9. The van der Waals surface area contributed by atoms with Crippen molar-refractivity contribution in [2.75, 3.05) is 19.6 Å². The molecule has 3 aliphatic heterocycles. The lowest BCUT2D eigenvalue weighted by molar-refractivity contribution is 0.0306. The Labute approximate surface area is 204 Å². The van der Waals surface area contributed by atoms with Crippen LogP contribution in [0, 0.1) is 5.92 Å².